The van der Waals surface area contributed by atoms with Gasteiger partial charge in [0.05, 0.1) is 11.4 Å². The molecule has 138 valence electrons. The summed E-state index contributed by atoms with van der Waals surface area (Å²) in [5, 5.41) is 0. The van der Waals surface area contributed by atoms with Crippen LogP contribution < -0.4 is 0 Å². The van der Waals surface area contributed by atoms with Crippen LogP contribution in [0.25, 0.3) is 11.3 Å². The minimum absolute atomic E-state index is 0.222. The van der Waals surface area contributed by atoms with Gasteiger partial charge in [0.1, 0.15) is 11.6 Å². The number of nitrogens with zero attached hydrogens (tertiary/aromatic N) is 3. The monoisotopic (exact) mass is 361 g/mol. The van der Waals surface area contributed by atoms with Gasteiger partial charge in [-0.1, -0.05) is 44.2 Å². The van der Waals surface area contributed by atoms with Gasteiger partial charge in [-0.05, 0) is 36.2 Å². The first kappa shape index (κ1) is 17.8. The minimum Gasteiger partial charge on any atom is -0.293 e. The van der Waals surface area contributed by atoms with E-state index in [1.165, 1.54) is 23.3 Å². The molecule has 0 saturated carbocycles. The van der Waals surface area contributed by atoms with E-state index < -0.39 is 0 Å². The maximum absolute atomic E-state index is 13.4. The van der Waals surface area contributed by atoms with Gasteiger partial charge in [-0.3, -0.25) is 4.90 Å². The van der Waals surface area contributed by atoms with E-state index in [0.29, 0.717) is 0 Å². The van der Waals surface area contributed by atoms with Crippen LogP contribution >= 0.6 is 0 Å². The predicted molar refractivity (Wildman–Crippen MR) is 106 cm³/mol. The Kier molecular flexibility index (Phi) is 4.99. The van der Waals surface area contributed by atoms with Gasteiger partial charge in [0, 0.05) is 36.7 Å². The standard InChI is InChI=1S/C23H24FN3/c1-16(2)23-25-21-15-27(14-17-6-4-3-5-7-17)13-12-20(21)22(26-23)18-8-10-19(24)11-9-18/h3-11,16H,12-15H2,1-2H3. The van der Waals surface area contributed by atoms with Crippen molar-refractivity contribution < 1.29 is 4.39 Å². The number of rotatable bonds is 4. The van der Waals surface area contributed by atoms with Gasteiger partial charge in [-0.25, -0.2) is 14.4 Å². The number of fused-ring (bicyclic) bond motifs is 1. The molecule has 0 atom stereocenters. The van der Waals surface area contributed by atoms with Crippen LogP contribution in [0.15, 0.2) is 54.6 Å². The fraction of sp³-hybridized carbons (Fsp3) is 0.304. The van der Waals surface area contributed by atoms with E-state index in [1.54, 1.807) is 0 Å². The molecule has 0 amide bonds. The molecule has 2 aromatic carbocycles. The maximum atomic E-state index is 13.4. The summed E-state index contributed by atoms with van der Waals surface area (Å²) in [6.45, 7) is 6.94. The molecule has 3 nitrogen and oxygen atoms in total. The van der Waals surface area contributed by atoms with Crippen LogP contribution in [0.3, 0.4) is 0 Å². The third kappa shape index (κ3) is 3.91. The van der Waals surface area contributed by atoms with Crippen molar-refractivity contribution in [2.24, 2.45) is 0 Å². The van der Waals surface area contributed by atoms with Crippen molar-refractivity contribution in [2.75, 3.05) is 6.54 Å². The maximum Gasteiger partial charge on any atom is 0.131 e. The van der Waals surface area contributed by atoms with E-state index in [4.69, 9.17) is 9.97 Å². The van der Waals surface area contributed by atoms with E-state index in [1.807, 2.05) is 18.2 Å². The van der Waals surface area contributed by atoms with Crippen molar-refractivity contribution in [3.8, 4) is 11.3 Å². The van der Waals surface area contributed by atoms with Gasteiger partial charge in [0.25, 0.3) is 0 Å². The largest absolute Gasteiger partial charge is 0.293 e. The Morgan fingerprint density at radius 1 is 1.00 bits per heavy atom. The summed E-state index contributed by atoms with van der Waals surface area (Å²) in [5.74, 6) is 0.883. The van der Waals surface area contributed by atoms with Crippen LogP contribution in [0.2, 0.25) is 0 Å². The van der Waals surface area contributed by atoms with E-state index in [9.17, 15) is 4.39 Å². The summed E-state index contributed by atoms with van der Waals surface area (Å²) in [6.07, 6.45) is 0.910. The zero-order chi connectivity index (χ0) is 18.8. The Labute approximate surface area is 159 Å². The number of halogens is 1. The summed E-state index contributed by atoms with van der Waals surface area (Å²) in [4.78, 5) is 12.2. The van der Waals surface area contributed by atoms with Crippen LogP contribution in [0.1, 0.15) is 42.4 Å². The molecule has 1 aromatic heterocycles. The fourth-order valence-corrected chi connectivity index (χ4v) is 3.59. The molecule has 27 heavy (non-hydrogen) atoms. The van der Waals surface area contributed by atoms with Crippen LogP contribution in [-0.4, -0.2) is 21.4 Å². The Hall–Kier alpha value is -2.59. The summed E-state index contributed by atoms with van der Waals surface area (Å²) in [5.41, 5.74) is 5.56. The Balaban J connectivity index is 1.69. The third-order valence-electron chi connectivity index (χ3n) is 5.04. The van der Waals surface area contributed by atoms with Gasteiger partial charge in [0.15, 0.2) is 0 Å². The first-order valence-electron chi connectivity index (χ1n) is 9.52. The Morgan fingerprint density at radius 2 is 1.74 bits per heavy atom. The van der Waals surface area contributed by atoms with E-state index in [2.05, 4.69) is 43.0 Å². The Morgan fingerprint density at radius 3 is 2.44 bits per heavy atom. The Bertz CT molecular complexity index is 920. The molecule has 3 aromatic rings. The molecular weight excluding hydrogens is 337 g/mol. The summed E-state index contributed by atoms with van der Waals surface area (Å²) >= 11 is 0. The molecule has 4 rings (SSSR count). The van der Waals surface area contributed by atoms with Gasteiger partial charge in [-0.15, -0.1) is 0 Å². The summed E-state index contributed by atoms with van der Waals surface area (Å²) in [7, 11) is 0. The second kappa shape index (κ2) is 7.57. The quantitative estimate of drug-likeness (QED) is 0.657. The highest BCUT2D eigenvalue weighted by Crippen LogP contribution is 2.30. The van der Waals surface area contributed by atoms with Crippen molar-refractivity contribution in [3.63, 3.8) is 0 Å². The molecule has 0 radical (unpaired) electrons. The molecule has 0 unspecified atom stereocenters. The fourth-order valence-electron chi connectivity index (χ4n) is 3.59. The lowest BCUT2D eigenvalue weighted by Crippen LogP contribution is -2.32. The van der Waals surface area contributed by atoms with Gasteiger partial charge < -0.3 is 0 Å². The number of hydrogen-bond donors (Lipinski definition) is 0. The molecule has 0 fully saturated rings. The second-order valence-electron chi connectivity index (χ2n) is 7.46. The summed E-state index contributed by atoms with van der Waals surface area (Å²) in [6, 6.07) is 17.2. The molecule has 4 heteroatoms. The first-order chi connectivity index (χ1) is 13.1. The molecule has 0 N–H and O–H groups in total. The van der Waals surface area contributed by atoms with E-state index in [0.717, 1.165) is 48.8 Å². The average molecular weight is 361 g/mol. The smallest absolute Gasteiger partial charge is 0.131 e. The van der Waals surface area contributed by atoms with Gasteiger partial charge in [0.2, 0.25) is 0 Å². The van der Waals surface area contributed by atoms with E-state index >= 15 is 0 Å². The first-order valence-corrected chi connectivity index (χ1v) is 9.52. The van der Waals surface area contributed by atoms with Crippen LogP contribution in [0.4, 0.5) is 4.39 Å². The molecule has 1 aliphatic rings. The van der Waals surface area contributed by atoms with Crippen molar-refractivity contribution in [3.05, 3.63) is 83.1 Å². The van der Waals surface area contributed by atoms with Crippen molar-refractivity contribution in [1.29, 1.82) is 0 Å². The van der Waals surface area contributed by atoms with Crippen LogP contribution in [0.5, 0.6) is 0 Å². The van der Waals surface area contributed by atoms with Crippen molar-refractivity contribution >= 4 is 0 Å². The average Bonchev–Trinajstić information content (AvgIpc) is 2.68. The number of aromatic nitrogens is 2. The summed E-state index contributed by atoms with van der Waals surface area (Å²) < 4.78 is 13.4. The molecule has 1 aliphatic heterocycles. The van der Waals surface area contributed by atoms with E-state index in [-0.39, 0.29) is 11.7 Å². The van der Waals surface area contributed by atoms with Crippen molar-refractivity contribution in [1.82, 2.24) is 14.9 Å². The lowest BCUT2D eigenvalue weighted by atomic mass is 9.97. The number of hydrogen-bond acceptors (Lipinski definition) is 3. The lowest BCUT2D eigenvalue weighted by molar-refractivity contribution is 0.241. The zero-order valence-electron chi connectivity index (χ0n) is 15.8. The molecule has 2 heterocycles. The third-order valence-corrected chi connectivity index (χ3v) is 5.04. The highest BCUT2D eigenvalue weighted by molar-refractivity contribution is 5.64. The van der Waals surface area contributed by atoms with Gasteiger partial charge in [-0.2, -0.15) is 0 Å². The molecule has 0 aliphatic carbocycles. The van der Waals surface area contributed by atoms with Crippen LogP contribution in [0, 0.1) is 5.82 Å². The highest BCUT2D eigenvalue weighted by atomic mass is 19.1. The minimum atomic E-state index is -0.222. The number of benzene rings is 2. The second-order valence-corrected chi connectivity index (χ2v) is 7.46. The SMILES string of the molecule is CC(C)c1nc2c(c(-c3ccc(F)cc3)n1)CCN(Cc1ccccc1)C2. The predicted octanol–water partition coefficient (Wildman–Crippen LogP) is 4.96. The molecule has 0 bridgehead atoms. The molecular formula is C23H24FN3. The van der Waals surface area contributed by atoms with Gasteiger partial charge >= 0.3 is 0 Å². The topological polar surface area (TPSA) is 29.0 Å². The zero-order valence-corrected chi connectivity index (χ0v) is 15.8. The van der Waals surface area contributed by atoms with Crippen LogP contribution in [-0.2, 0) is 19.5 Å². The normalized spacial score (nSPS) is 14.4. The molecule has 0 spiro atoms. The highest BCUT2D eigenvalue weighted by Gasteiger charge is 2.23. The molecule has 0 saturated heterocycles. The lowest BCUT2D eigenvalue weighted by Gasteiger charge is -2.29. The van der Waals surface area contributed by atoms with Crippen molar-refractivity contribution in [2.45, 2.75) is 39.3 Å².